The Labute approximate surface area is 121 Å². The fourth-order valence-electron chi connectivity index (χ4n) is 2.68. The van der Waals surface area contributed by atoms with Crippen molar-refractivity contribution in [3.8, 4) is 5.75 Å². The summed E-state index contributed by atoms with van der Waals surface area (Å²) in [7, 11) is -2.90. The Balaban J connectivity index is 2.02. The SMILES string of the molecule is CCS(=O)(=O)CCCC1(CN)COc2ccccc2C1. The van der Waals surface area contributed by atoms with Gasteiger partial charge in [-0.05, 0) is 30.9 Å². The summed E-state index contributed by atoms with van der Waals surface area (Å²) in [6.45, 7) is 2.79. The first-order valence-corrected chi connectivity index (χ1v) is 8.94. The number of hydrogen-bond acceptors (Lipinski definition) is 4. The summed E-state index contributed by atoms with van der Waals surface area (Å²) in [5.74, 6) is 1.38. The molecule has 0 bridgehead atoms. The summed E-state index contributed by atoms with van der Waals surface area (Å²) in [6.07, 6.45) is 2.31. The molecule has 5 heteroatoms. The molecule has 1 aromatic carbocycles. The van der Waals surface area contributed by atoms with E-state index in [0.29, 0.717) is 19.6 Å². The molecule has 0 saturated heterocycles. The maximum atomic E-state index is 11.6. The zero-order valence-electron chi connectivity index (χ0n) is 12.0. The molecule has 1 aliphatic heterocycles. The van der Waals surface area contributed by atoms with Crippen molar-refractivity contribution in [1.82, 2.24) is 0 Å². The molecule has 112 valence electrons. The monoisotopic (exact) mass is 297 g/mol. The van der Waals surface area contributed by atoms with Crippen LogP contribution >= 0.6 is 0 Å². The standard InChI is InChI=1S/C15H23NO3S/c1-2-20(17,18)9-5-8-15(11-16)10-13-6-3-4-7-14(13)19-12-15/h3-4,6-7H,2,5,8-12,16H2,1H3. The van der Waals surface area contributed by atoms with Crippen LogP contribution in [0.15, 0.2) is 24.3 Å². The quantitative estimate of drug-likeness (QED) is 0.869. The van der Waals surface area contributed by atoms with E-state index < -0.39 is 9.84 Å². The molecule has 0 spiro atoms. The van der Waals surface area contributed by atoms with Crippen LogP contribution in [0.5, 0.6) is 5.75 Å². The van der Waals surface area contributed by atoms with Crippen LogP contribution in [0.3, 0.4) is 0 Å². The molecule has 4 nitrogen and oxygen atoms in total. The topological polar surface area (TPSA) is 69.4 Å². The number of nitrogens with two attached hydrogens (primary N) is 1. The molecule has 1 aliphatic rings. The average Bonchev–Trinajstić information content (AvgIpc) is 2.47. The third-order valence-electron chi connectivity index (χ3n) is 4.11. The van der Waals surface area contributed by atoms with Gasteiger partial charge in [-0.15, -0.1) is 0 Å². The van der Waals surface area contributed by atoms with Crippen LogP contribution in [0.1, 0.15) is 25.3 Å². The van der Waals surface area contributed by atoms with E-state index in [1.54, 1.807) is 6.92 Å². The summed E-state index contributed by atoms with van der Waals surface area (Å²) < 4.78 is 28.9. The van der Waals surface area contributed by atoms with Gasteiger partial charge >= 0.3 is 0 Å². The van der Waals surface area contributed by atoms with Crippen LogP contribution in [0.2, 0.25) is 0 Å². The first kappa shape index (κ1) is 15.3. The Morgan fingerprint density at radius 3 is 2.80 bits per heavy atom. The second kappa shape index (κ2) is 6.14. The summed E-state index contributed by atoms with van der Waals surface area (Å²) in [5.41, 5.74) is 6.99. The minimum atomic E-state index is -2.90. The zero-order chi connectivity index (χ0) is 14.6. The average molecular weight is 297 g/mol. The predicted octanol–water partition coefficient (Wildman–Crippen LogP) is 1.78. The van der Waals surface area contributed by atoms with E-state index in [4.69, 9.17) is 10.5 Å². The third-order valence-corrected chi connectivity index (χ3v) is 5.90. The molecule has 0 aliphatic carbocycles. The summed E-state index contributed by atoms with van der Waals surface area (Å²) in [5, 5.41) is 0. The van der Waals surface area contributed by atoms with E-state index in [9.17, 15) is 8.42 Å². The van der Waals surface area contributed by atoms with Crippen LogP contribution in [0.25, 0.3) is 0 Å². The normalized spacial score (nSPS) is 22.1. The predicted molar refractivity (Wildman–Crippen MR) is 80.7 cm³/mol. The smallest absolute Gasteiger partial charge is 0.150 e. The van der Waals surface area contributed by atoms with Crippen molar-refractivity contribution in [3.05, 3.63) is 29.8 Å². The van der Waals surface area contributed by atoms with Gasteiger partial charge in [0.2, 0.25) is 0 Å². The zero-order valence-corrected chi connectivity index (χ0v) is 12.8. The van der Waals surface area contributed by atoms with E-state index >= 15 is 0 Å². The van der Waals surface area contributed by atoms with Gasteiger partial charge in [-0.2, -0.15) is 0 Å². The summed E-state index contributed by atoms with van der Waals surface area (Å²) >= 11 is 0. The third kappa shape index (κ3) is 3.52. The van der Waals surface area contributed by atoms with Crippen molar-refractivity contribution in [2.75, 3.05) is 24.7 Å². The summed E-state index contributed by atoms with van der Waals surface area (Å²) in [6, 6.07) is 7.98. The fourth-order valence-corrected chi connectivity index (χ4v) is 3.55. The summed E-state index contributed by atoms with van der Waals surface area (Å²) in [4.78, 5) is 0. The number of ether oxygens (including phenoxy) is 1. The van der Waals surface area contributed by atoms with Gasteiger partial charge in [0.05, 0.1) is 12.4 Å². The molecule has 1 unspecified atom stereocenters. The molecule has 20 heavy (non-hydrogen) atoms. The van der Waals surface area contributed by atoms with Crippen LogP contribution < -0.4 is 10.5 Å². The van der Waals surface area contributed by atoms with Gasteiger partial charge in [0.25, 0.3) is 0 Å². The van der Waals surface area contributed by atoms with Crippen molar-refractivity contribution in [2.45, 2.75) is 26.2 Å². The van der Waals surface area contributed by atoms with Gasteiger partial charge in [-0.25, -0.2) is 8.42 Å². The van der Waals surface area contributed by atoms with Crippen molar-refractivity contribution in [1.29, 1.82) is 0 Å². The van der Waals surface area contributed by atoms with Crippen LogP contribution in [-0.4, -0.2) is 33.1 Å². The number of hydrogen-bond donors (Lipinski definition) is 1. The van der Waals surface area contributed by atoms with Gasteiger partial charge in [0, 0.05) is 17.7 Å². The Bertz CT molecular complexity index is 556. The fraction of sp³-hybridized carbons (Fsp3) is 0.600. The number of rotatable bonds is 6. The molecule has 0 aromatic heterocycles. The van der Waals surface area contributed by atoms with E-state index in [1.807, 2.05) is 18.2 Å². The molecule has 0 saturated carbocycles. The number of fused-ring (bicyclic) bond motifs is 1. The molecule has 2 N–H and O–H groups in total. The number of para-hydroxylation sites is 1. The Hall–Kier alpha value is -1.07. The Kier molecular flexibility index (Phi) is 4.70. The Morgan fingerprint density at radius 1 is 1.35 bits per heavy atom. The van der Waals surface area contributed by atoms with Gasteiger partial charge in [0.15, 0.2) is 0 Å². The molecule has 0 fully saturated rings. The first-order chi connectivity index (χ1) is 9.50. The van der Waals surface area contributed by atoms with E-state index in [2.05, 4.69) is 6.07 Å². The van der Waals surface area contributed by atoms with E-state index in [0.717, 1.165) is 18.6 Å². The second-order valence-electron chi connectivity index (χ2n) is 5.62. The van der Waals surface area contributed by atoms with Crippen molar-refractivity contribution >= 4 is 9.84 Å². The largest absolute Gasteiger partial charge is 0.493 e. The lowest BCUT2D eigenvalue weighted by atomic mass is 9.77. The van der Waals surface area contributed by atoms with Crippen LogP contribution in [0, 0.1) is 5.41 Å². The molecular formula is C15H23NO3S. The maximum absolute atomic E-state index is 11.6. The van der Waals surface area contributed by atoms with Crippen LogP contribution in [0.4, 0.5) is 0 Å². The van der Waals surface area contributed by atoms with Crippen molar-refractivity contribution in [3.63, 3.8) is 0 Å². The van der Waals surface area contributed by atoms with Gasteiger partial charge in [0.1, 0.15) is 15.6 Å². The first-order valence-electron chi connectivity index (χ1n) is 7.11. The minimum Gasteiger partial charge on any atom is -0.493 e. The minimum absolute atomic E-state index is 0.127. The lowest BCUT2D eigenvalue weighted by molar-refractivity contribution is 0.116. The van der Waals surface area contributed by atoms with Crippen molar-refractivity contribution in [2.24, 2.45) is 11.1 Å². The highest BCUT2D eigenvalue weighted by Gasteiger charge is 2.34. The number of benzene rings is 1. The number of sulfone groups is 1. The molecule has 1 aromatic rings. The Morgan fingerprint density at radius 2 is 2.10 bits per heavy atom. The van der Waals surface area contributed by atoms with E-state index in [1.165, 1.54) is 5.56 Å². The van der Waals surface area contributed by atoms with Crippen LogP contribution in [-0.2, 0) is 16.3 Å². The maximum Gasteiger partial charge on any atom is 0.150 e. The lowest BCUT2D eigenvalue weighted by Gasteiger charge is -2.37. The molecule has 2 rings (SSSR count). The molecule has 0 radical (unpaired) electrons. The molecule has 0 amide bonds. The highest BCUT2D eigenvalue weighted by atomic mass is 32.2. The van der Waals surface area contributed by atoms with Crippen molar-refractivity contribution < 1.29 is 13.2 Å². The van der Waals surface area contributed by atoms with E-state index in [-0.39, 0.29) is 16.9 Å². The molecule has 1 atom stereocenters. The highest BCUT2D eigenvalue weighted by Crippen LogP contribution is 2.37. The lowest BCUT2D eigenvalue weighted by Crippen LogP contribution is -2.41. The highest BCUT2D eigenvalue weighted by molar-refractivity contribution is 7.91. The van der Waals surface area contributed by atoms with Gasteiger partial charge < -0.3 is 10.5 Å². The van der Waals surface area contributed by atoms with Gasteiger partial charge in [-0.1, -0.05) is 25.1 Å². The second-order valence-corrected chi connectivity index (χ2v) is 8.09. The van der Waals surface area contributed by atoms with Gasteiger partial charge in [-0.3, -0.25) is 0 Å². The molecule has 1 heterocycles. The molecular weight excluding hydrogens is 274 g/mol.